The van der Waals surface area contributed by atoms with Crippen LogP contribution in [0.25, 0.3) is 0 Å². The maximum Gasteiger partial charge on any atom is 0.498 e. The van der Waals surface area contributed by atoms with Crippen LogP contribution in [0.15, 0.2) is 12.4 Å². The highest BCUT2D eigenvalue weighted by Crippen LogP contribution is 2.43. The highest BCUT2D eigenvalue weighted by Gasteiger charge is 2.52. The second kappa shape index (κ2) is 4.00. The van der Waals surface area contributed by atoms with Gasteiger partial charge in [-0.1, -0.05) is 0 Å². The Bertz CT molecular complexity index is 481. The van der Waals surface area contributed by atoms with Gasteiger partial charge in [0.15, 0.2) is 0 Å². The minimum atomic E-state index is -0.343. The van der Waals surface area contributed by atoms with Crippen LogP contribution in [0.4, 0.5) is 0 Å². The summed E-state index contributed by atoms with van der Waals surface area (Å²) in [6.07, 6.45) is 5.93. The summed E-state index contributed by atoms with van der Waals surface area (Å²) in [5, 5.41) is 4.35. The highest BCUT2D eigenvalue weighted by atomic mass is 35.5. The molecule has 1 aromatic rings. The van der Waals surface area contributed by atoms with E-state index < -0.39 is 0 Å². The van der Waals surface area contributed by atoms with Gasteiger partial charge in [-0.15, -0.1) is 11.6 Å². The van der Waals surface area contributed by atoms with Gasteiger partial charge in [0.05, 0.1) is 22.6 Å². The average molecular weight is 283 g/mol. The lowest BCUT2D eigenvalue weighted by Gasteiger charge is -2.32. The molecule has 104 valence electrons. The van der Waals surface area contributed by atoms with Crippen LogP contribution >= 0.6 is 11.6 Å². The maximum absolute atomic E-state index is 6.32. The lowest BCUT2D eigenvalue weighted by Crippen LogP contribution is -2.41. The molecule has 0 bridgehead atoms. The number of hydrogen-bond donors (Lipinski definition) is 0. The van der Waals surface area contributed by atoms with Crippen LogP contribution in [-0.4, -0.2) is 33.0 Å². The molecule has 0 unspecified atom stereocenters. The zero-order valence-corrected chi connectivity index (χ0v) is 12.7. The molecule has 1 aliphatic heterocycles. The van der Waals surface area contributed by atoms with Crippen molar-refractivity contribution in [3.63, 3.8) is 0 Å². The summed E-state index contributed by atoms with van der Waals surface area (Å²) in [5.74, 6) is 0. The van der Waals surface area contributed by atoms with Gasteiger partial charge in [0, 0.05) is 17.9 Å². The average Bonchev–Trinajstić information content (AvgIpc) is 2.74. The third-order valence-electron chi connectivity index (χ3n) is 4.42. The van der Waals surface area contributed by atoms with Crippen molar-refractivity contribution in [2.75, 3.05) is 0 Å². The molecule has 0 spiro atoms. The Kier molecular flexibility index (Phi) is 2.83. The van der Waals surface area contributed by atoms with Crippen molar-refractivity contribution >= 4 is 24.2 Å². The molecule has 1 aliphatic carbocycles. The molecule has 6 heteroatoms. The van der Waals surface area contributed by atoms with E-state index in [2.05, 4.69) is 32.8 Å². The van der Waals surface area contributed by atoms with Gasteiger partial charge in [0.25, 0.3) is 0 Å². The van der Waals surface area contributed by atoms with Gasteiger partial charge >= 0.3 is 7.12 Å². The lowest BCUT2D eigenvalue weighted by molar-refractivity contribution is 0.00578. The van der Waals surface area contributed by atoms with Crippen LogP contribution in [0.5, 0.6) is 0 Å². The van der Waals surface area contributed by atoms with Gasteiger partial charge in [-0.3, -0.25) is 4.68 Å². The van der Waals surface area contributed by atoms with E-state index in [4.69, 9.17) is 20.9 Å². The zero-order chi connectivity index (χ0) is 13.9. The Morgan fingerprint density at radius 1 is 1.26 bits per heavy atom. The topological polar surface area (TPSA) is 36.3 Å². The Labute approximate surface area is 119 Å². The Morgan fingerprint density at radius 2 is 1.84 bits per heavy atom. The van der Waals surface area contributed by atoms with Crippen molar-refractivity contribution in [3.05, 3.63) is 12.4 Å². The second-order valence-corrected chi connectivity index (χ2v) is 7.51. The van der Waals surface area contributed by atoms with Crippen LogP contribution in [0.1, 0.15) is 40.5 Å². The van der Waals surface area contributed by atoms with Gasteiger partial charge in [0.2, 0.25) is 0 Å². The van der Waals surface area contributed by atoms with Gasteiger partial charge in [-0.2, -0.15) is 5.10 Å². The van der Waals surface area contributed by atoms with E-state index in [1.54, 1.807) is 0 Å². The molecule has 1 saturated heterocycles. The van der Waals surface area contributed by atoms with Crippen LogP contribution in [0.3, 0.4) is 0 Å². The van der Waals surface area contributed by atoms with Crippen LogP contribution in [-0.2, 0) is 15.9 Å². The highest BCUT2D eigenvalue weighted by molar-refractivity contribution is 6.62. The first-order chi connectivity index (χ1) is 8.71. The third kappa shape index (κ3) is 2.44. The molecule has 19 heavy (non-hydrogen) atoms. The number of nitrogens with zero attached hydrogens (tertiary/aromatic N) is 2. The summed E-state index contributed by atoms with van der Waals surface area (Å²) in [4.78, 5) is -0.0702. The lowest BCUT2D eigenvalue weighted by atomic mass is 9.82. The van der Waals surface area contributed by atoms with E-state index in [1.807, 2.05) is 17.1 Å². The van der Waals surface area contributed by atoms with Gasteiger partial charge in [-0.05, 0) is 40.5 Å². The molecule has 1 aromatic heterocycles. The summed E-state index contributed by atoms with van der Waals surface area (Å²) in [6, 6.07) is 0. The van der Waals surface area contributed by atoms with Crippen LogP contribution in [0.2, 0.25) is 0 Å². The summed E-state index contributed by atoms with van der Waals surface area (Å²) < 4.78 is 13.9. The van der Waals surface area contributed by atoms with Crippen molar-refractivity contribution in [2.45, 2.75) is 63.2 Å². The summed E-state index contributed by atoms with van der Waals surface area (Å²) >= 11 is 6.32. The molecule has 0 amide bonds. The van der Waals surface area contributed by atoms with Crippen molar-refractivity contribution < 1.29 is 9.31 Å². The fourth-order valence-corrected chi connectivity index (χ4v) is 2.37. The van der Waals surface area contributed by atoms with Crippen molar-refractivity contribution in [3.8, 4) is 0 Å². The predicted octanol–water partition coefficient (Wildman–Crippen LogP) is 1.95. The molecule has 2 heterocycles. The largest absolute Gasteiger partial charge is 0.498 e. The molecule has 1 saturated carbocycles. The number of halogens is 1. The maximum atomic E-state index is 6.32. The molecule has 2 fully saturated rings. The van der Waals surface area contributed by atoms with E-state index >= 15 is 0 Å². The fourth-order valence-electron chi connectivity index (χ4n) is 2.15. The van der Waals surface area contributed by atoms with E-state index in [0.29, 0.717) is 0 Å². The fraction of sp³-hybridized carbons (Fsp3) is 0.769. The van der Waals surface area contributed by atoms with Crippen molar-refractivity contribution in [2.24, 2.45) is 0 Å². The monoisotopic (exact) mass is 282 g/mol. The summed E-state index contributed by atoms with van der Waals surface area (Å²) in [7, 11) is -0.343. The molecule has 0 atom stereocenters. The number of hydrogen-bond acceptors (Lipinski definition) is 3. The molecule has 3 rings (SSSR count). The minimum Gasteiger partial charge on any atom is -0.399 e. The number of rotatable bonds is 3. The van der Waals surface area contributed by atoms with E-state index in [1.165, 1.54) is 0 Å². The molecule has 0 N–H and O–H groups in total. The zero-order valence-electron chi connectivity index (χ0n) is 11.9. The Morgan fingerprint density at radius 3 is 2.37 bits per heavy atom. The van der Waals surface area contributed by atoms with E-state index in [0.717, 1.165) is 24.8 Å². The molecule has 4 nitrogen and oxygen atoms in total. The minimum absolute atomic E-state index is 0.0702. The predicted molar refractivity (Wildman–Crippen MR) is 75.8 cm³/mol. The summed E-state index contributed by atoms with van der Waals surface area (Å²) in [6.45, 7) is 8.96. The molecule has 2 aliphatic rings. The van der Waals surface area contributed by atoms with E-state index in [9.17, 15) is 0 Å². The standard InChI is InChI=1S/C13H20BClN2O2/c1-11(2)12(3,4)19-14(18-11)10-7-16-17(8-10)9-13(15)5-6-13/h7-8H,5-6,9H2,1-4H3. The molecule has 0 aromatic carbocycles. The molecular formula is C13H20BClN2O2. The SMILES string of the molecule is CC1(C)OB(c2cnn(CC3(Cl)CC3)c2)OC1(C)C. The molecular weight excluding hydrogens is 262 g/mol. The van der Waals surface area contributed by atoms with E-state index in [-0.39, 0.29) is 23.2 Å². The first-order valence-corrected chi connectivity index (χ1v) is 7.16. The first kappa shape index (κ1) is 13.5. The first-order valence-electron chi connectivity index (χ1n) is 6.78. The van der Waals surface area contributed by atoms with Crippen LogP contribution < -0.4 is 5.46 Å². The Balaban J connectivity index is 1.74. The number of alkyl halides is 1. The Hall–Kier alpha value is -0.515. The quantitative estimate of drug-likeness (QED) is 0.628. The van der Waals surface area contributed by atoms with Crippen molar-refractivity contribution in [1.29, 1.82) is 0 Å². The smallest absolute Gasteiger partial charge is 0.399 e. The number of aromatic nitrogens is 2. The third-order valence-corrected chi connectivity index (χ3v) is 4.91. The second-order valence-electron chi connectivity index (χ2n) is 6.71. The van der Waals surface area contributed by atoms with Crippen molar-refractivity contribution in [1.82, 2.24) is 9.78 Å². The van der Waals surface area contributed by atoms with Gasteiger partial charge < -0.3 is 9.31 Å². The summed E-state index contributed by atoms with van der Waals surface area (Å²) in [5.41, 5.74) is 0.327. The van der Waals surface area contributed by atoms with Gasteiger partial charge in [0.1, 0.15) is 0 Å². The van der Waals surface area contributed by atoms with Gasteiger partial charge in [-0.25, -0.2) is 0 Å². The normalized spacial score (nSPS) is 26.7. The van der Waals surface area contributed by atoms with Crippen LogP contribution in [0, 0.1) is 0 Å². The molecule has 0 radical (unpaired) electrons.